The van der Waals surface area contributed by atoms with Gasteiger partial charge < -0.3 is 4.74 Å². The van der Waals surface area contributed by atoms with Crippen LogP contribution in [0.4, 0.5) is 0 Å². The molecule has 0 amide bonds. The first-order chi connectivity index (χ1) is 15.3. The Morgan fingerprint density at radius 1 is 0.938 bits per heavy atom. The third-order valence-electron chi connectivity index (χ3n) is 5.66. The number of methoxy groups -OCH3 is 1. The summed E-state index contributed by atoms with van der Waals surface area (Å²) in [5, 5.41) is 0. The van der Waals surface area contributed by atoms with Crippen LogP contribution in [0.5, 0.6) is 5.75 Å². The molecule has 0 aliphatic carbocycles. The van der Waals surface area contributed by atoms with Crippen molar-refractivity contribution in [3.8, 4) is 16.9 Å². The van der Waals surface area contributed by atoms with E-state index in [1.54, 1.807) is 49.6 Å². The zero-order valence-electron chi connectivity index (χ0n) is 17.7. The van der Waals surface area contributed by atoms with E-state index in [2.05, 4.69) is 0 Å². The standard InChI is InChI=1S/C24H25NO5S2/c1-30-23-9-5-6-19(16-23)17-25(22-14-15-31(26,27)18-22)32(28,29)24-12-10-21(11-13-24)20-7-3-2-4-8-20/h2-13,16,22H,14-15,17-18H2,1H3. The highest BCUT2D eigenvalue weighted by Gasteiger charge is 2.38. The average Bonchev–Trinajstić information content (AvgIpc) is 3.17. The SMILES string of the molecule is COc1cccc(CN(C2CCS(=O)(=O)C2)S(=O)(=O)c2ccc(-c3ccccc3)cc2)c1. The van der Waals surface area contributed by atoms with Crippen LogP contribution in [0.15, 0.2) is 83.8 Å². The zero-order valence-corrected chi connectivity index (χ0v) is 19.3. The van der Waals surface area contributed by atoms with Gasteiger partial charge in [-0.2, -0.15) is 4.31 Å². The summed E-state index contributed by atoms with van der Waals surface area (Å²) in [5.74, 6) is 0.443. The molecule has 6 nitrogen and oxygen atoms in total. The Balaban J connectivity index is 1.69. The highest BCUT2D eigenvalue weighted by molar-refractivity contribution is 7.92. The molecule has 0 radical (unpaired) electrons. The topological polar surface area (TPSA) is 80.8 Å². The molecule has 0 N–H and O–H groups in total. The molecule has 1 aliphatic rings. The van der Waals surface area contributed by atoms with Gasteiger partial charge in [-0.15, -0.1) is 0 Å². The van der Waals surface area contributed by atoms with Crippen LogP contribution < -0.4 is 4.74 Å². The number of benzene rings is 3. The lowest BCUT2D eigenvalue weighted by Crippen LogP contribution is -2.40. The first-order valence-corrected chi connectivity index (χ1v) is 13.6. The molecule has 32 heavy (non-hydrogen) atoms. The molecule has 0 spiro atoms. The molecule has 0 bridgehead atoms. The number of sulfonamides is 1. The van der Waals surface area contributed by atoms with E-state index >= 15 is 0 Å². The minimum atomic E-state index is -3.92. The van der Waals surface area contributed by atoms with E-state index < -0.39 is 25.9 Å². The molecule has 4 rings (SSSR count). The van der Waals surface area contributed by atoms with Crippen LogP contribution in [-0.4, -0.2) is 45.8 Å². The minimum absolute atomic E-state index is 0.00522. The van der Waals surface area contributed by atoms with Crippen molar-refractivity contribution >= 4 is 19.9 Å². The summed E-state index contributed by atoms with van der Waals surface area (Å²) in [7, 11) is -5.64. The number of sulfone groups is 1. The van der Waals surface area contributed by atoms with E-state index in [1.807, 2.05) is 36.4 Å². The summed E-state index contributed by atoms with van der Waals surface area (Å²) in [6.45, 7) is 0.0696. The Morgan fingerprint density at radius 3 is 2.25 bits per heavy atom. The molecular weight excluding hydrogens is 446 g/mol. The summed E-state index contributed by atoms with van der Waals surface area (Å²) < 4.78 is 58.1. The predicted molar refractivity (Wildman–Crippen MR) is 125 cm³/mol. The largest absolute Gasteiger partial charge is 0.497 e. The summed E-state index contributed by atoms with van der Waals surface area (Å²) in [6.07, 6.45) is 0.285. The maximum Gasteiger partial charge on any atom is 0.243 e. The normalized spacial score (nSPS) is 18.0. The predicted octanol–water partition coefficient (Wildman–Crippen LogP) is 3.74. The van der Waals surface area contributed by atoms with Crippen molar-refractivity contribution in [2.45, 2.75) is 23.9 Å². The minimum Gasteiger partial charge on any atom is -0.497 e. The maximum absolute atomic E-state index is 13.6. The van der Waals surface area contributed by atoms with Gasteiger partial charge in [0, 0.05) is 12.6 Å². The lowest BCUT2D eigenvalue weighted by atomic mass is 10.1. The van der Waals surface area contributed by atoms with Crippen LogP contribution in [-0.2, 0) is 26.4 Å². The third kappa shape index (κ3) is 4.87. The molecule has 1 atom stereocenters. The van der Waals surface area contributed by atoms with Crippen molar-refractivity contribution < 1.29 is 21.6 Å². The molecule has 1 unspecified atom stereocenters. The van der Waals surface area contributed by atoms with Crippen LogP contribution in [0.25, 0.3) is 11.1 Å². The molecular formula is C24H25NO5S2. The molecule has 8 heteroatoms. The van der Waals surface area contributed by atoms with Gasteiger partial charge in [-0.1, -0.05) is 54.6 Å². The fourth-order valence-corrected chi connectivity index (χ4v) is 7.42. The van der Waals surface area contributed by atoms with Crippen LogP contribution in [0.2, 0.25) is 0 Å². The van der Waals surface area contributed by atoms with Gasteiger partial charge in [0.15, 0.2) is 9.84 Å². The van der Waals surface area contributed by atoms with Gasteiger partial charge >= 0.3 is 0 Å². The van der Waals surface area contributed by atoms with Crippen molar-refractivity contribution in [1.82, 2.24) is 4.31 Å². The Hall–Kier alpha value is -2.68. The quantitative estimate of drug-likeness (QED) is 0.524. The van der Waals surface area contributed by atoms with E-state index in [1.165, 1.54) is 4.31 Å². The molecule has 3 aromatic rings. The Morgan fingerprint density at radius 2 is 1.62 bits per heavy atom. The fourth-order valence-electron chi connectivity index (χ4n) is 3.95. The second kappa shape index (κ2) is 9.05. The van der Waals surface area contributed by atoms with Crippen LogP contribution in [0, 0.1) is 0 Å². The third-order valence-corrected chi connectivity index (χ3v) is 9.32. The van der Waals surface area contributed by atoms with E-state index in [-0.39, 0.29) is 29.4 Å². The van der Waals surface area contributed by atoms with Crippen LogP contribution in [0.1, 0.15) is 12.0 Å². The van der Waals surface area contributed by atoms with Crippen LogP contribution in [0.3, 0.4) is 0 Å². The van der Waals surface area contributed by atoms with Gasteiger partial charge in [-0.05, 0) is 47.4 Å². The van der Waals surface area contributed by atoms with Gasteiger partial charge in [-0.25, -0.2) is 16.8 Å². The van der Waals surface area contributed by atoms with Gasteiger partial charge in [0.25, 0.3) is 0 Å². The number of nitrogens with zero attached hydrogens (tertiary/aromatic N) is 1. The number of hydrogen-bond donors (Lipinski definition) is 0. The molecule has 1 fully saturated rings. The van der Waals surface area contributed by atoms with E-state index in [9.17, 15) is 16.8 Å². The van der Waals surface area contributed by atoms with Gasteiger partial charge in [-0.3, -0.25) is 0 Å². The fraction of sp³-hybridized carbons (Fsp3) is 0.250. The monoisotopic (exact) mass is 471 g/mol. The zero-order chi connectivity index (χ0) is 22.8. The molecule has 3 aromatic carbocycles. The van der Waals surface area contributed by atoms with Crippen molar-refractivity contribution in [2.24, 2.45) is 0 Å². The van der Waals surface area contributed by atoms with E-state index in [4.69, 9.17) is 4.74 Å². The molecule has 0 aromatic heterocycles. The molecule has 1 heterocycles. The smallest absolute Gasteiger partial charge is 0.243 e. The Labute approximate surface area is 189 Å². The summed E-state index contributed by atoms with van der Waals surface area (Å²) in [4.78, 5) is 0.143. The van der Waals surface area contributed by atoms with Gasteiger partial charge in [0.2, 0.25) is 10.0 Å². The van der Waals surface area contributed by atoms with Crippen molar-refractivity contribution in [2.75, 3.05) is 18.6 Å². The molecule has 1 saturated heterocycles. The Bertz CT molecular complexity index is 1290. The second-order valence-corrected chi connectivity index (χ2v) is 12.0. The second-order valence-electron chi connectivity index (χ2n) is 7.85. The van der Waals surface area contributed by atoms with Crippen LogP contribution >= 0.6 is 0 Å². The van der Waals surface area contributed by atoms with Gasteiger partial charge in [0.1, 0.15) is 5.75 Å². The Kier molecular flexibility index (Phi) is 6.37. The van der Waals surface area contributed by atoms with Gasteiger partial charge in [0.05, 0.1) is 23.5 Å². The highest BCUT2D eigenvalue weighted by atomic mass is 32.2. The van der Waals surface area contributed by atoms with E-state index in [0.717, 1.165) is 16.7 Å². The highest BCUT2D eigenvalue weighted by Crippen LogP contribution is 2.29. The number of hydrogen-bond acceptors (Lipinski definition) is 5. The maximum atomic E-state index is 13.6. The molecule has 0 saturated carbocycles. The van der Waals surface area contributed by atoms with E-state index in [0.29, 0.717) is 5.75 Å². The first-order valence-electron chi connectivity index (χ1n) is 10.3. The summed E-state index contributed by atoms with van der Waals surface area (Å²) in [5.41, 5.74) is 2.64. The number of ether oxygens (including phenoxy) is 1. The summed E-state index contributed by atoms with van der Waals surface area (Å²) in [6, 6.07) is 23.0. The average molecular weight is 472 g/mol. The lowest BCUT2D eigenvalue weighted by molar-refractivity contribution is 0.333. The lowest BCUT2D eigenvalue weighted by Gasteiger charge is -2.27. The number of rotatable bonds is 7. The summed E-state index contributed by atoms with van der Waals surface area (Å²) >= 11 is 0. The van der Waals surface area contributed by atoms with Crippen molar-refractivity contribution in [1.29, 1.82) is 0 Å². The molecule has 1 aliphatic heterocycles. The van der Waals surface area contributed by atoms with Crippen molar-refractivity contribution in [3.63, 3.8) is 0 Å². The first kappa shape index (κ1) is 22.5. The molecule has 168 valence electrons. The van der Waals surface area contributed by atoms with Crippen molar-refractivity contribution in [3.05, 3.63) is 84.4 Å².